The summed E-state index contributed by atoms with van der Waals surface area (Å²) in [6.07, 6.45) is 10.0. The van der Waals surface area contributed by atoms with E-state index >= 15 is 0 Å². The Morgan fingerprint density at radius 3 is 2.55 bits per heavy atom. The van der Waals surface area contributed by atoms with E-state index in [1.807, 2.05) is 0 Å². The fourth-order valence-corrected chi connectivity index (χ4v) is 5.07. The summed E-state index contributed by atoms with van der Waals surface area (Å²) < 4.78 is 0. The van der Waals surface area contributed by atoms with Gasteiger partial charge in [0.05, 0.1) is 16.2 Å². The number of nitrogens with zero attached hydrogens (tertiary/aromatic N) is 3. The standard InChI is InChI=1S/C23H30N4O4/c1-16(28)26-22-10-9-19(27(30)31)13-20(22)21(23(26)29)14-24-18-7-5-17(6-8-18)15-25-11-3-2-4-12-25/h9-10,13-14,17-18,24H,2-8,11-12,15H2,1H3. The van der Waals surface area contributed by atoms with E-state index < -0.39 is 16.7 Å². The quantitative estimate of drug-likeness (QED) is 0.440. The van der Waals surface area contributed by atoms with Gasteiger partial charge in [0.15, 0.2) is 0 Å². The summed E-state index contributed by atoms with van der Waals surface area (Å²) in [5.74, 6) is -0.107. The maximum atomic E-state index is 12.9. The Morgan fingerprint density at radius 2 is 1.90 bits per heavy atom. The van der Waals surface area contributed by atoms with Crippen LogP contribution in [0.4, 0.5) is 11.4 Å². The van der Waals surface area contributed by atoms with E-state index in [0.29, 0.717) is 16.8 Å². The van der Waals surface area contributed by atoms with Gasteiger partial charge in [-0.3, -0.25) is 19.7 Å². The first-order chi connectivity index (χ1) is 14.9. The number of non-ortho nitro benzene ring substituents is 1. The van der Waals surface area contributed by atoms with E-state index in [1.54, 1.807) is 6.20 Å². The van der Waals surface area contributed by atoms with Crippen molar-refractivity contribution in [3.63, 3.8) is 0 Å². The summed E-state index contributed by atoms with van der Waals surface area (Å²) in [6.45, 7) is 4.97. The lowest BCUT2D eigenvalue weighted by Crippen LogP contribution is -2.38. The highest BCUT2D eigenvalue weighted by atomic mass is 16.6. The molecule has 0 aromatic heterocycles. The van der Waals surface area contributed by atoms with E-state index in [1.165, 1.54) is 64.0 Å². The second-order valence-corrected chi connectivity index (χ2v) is 8.92. The van der Waals surface area contributed by atoms with Gasteiger partial charge in [-0.2, -0.15) is 0 Å². The van der Waals surface area contributed by atoms with Gasteiger partial charge in [-0.1, -0.05) is 6.42 Å². The molecule has 2 amide bonds. The van der Waals surface area contributed by atoms with Gasteiger partial charge < -0.3 is 10.2 Å². The van der Waals surface area contributed by atoms with E-state index in [0.717, 1.165) is 36.5 Å². The number of carbonyl (C=O) groups is 2. The molecule has 0 radical (unpaired) electrons. The van der Waals surface area contributed by atoms with Crippen molar-refractivity contribution in [2.24, 2.45) is 5.92 Å². The average Bonchev–Trinajstić information content (AvgIpc) is 3.04. The smallest absolute Gasteiger partial charge is 0.270 e. The molecule has 1 aromatic carbocycles. The maximum absolute atomic E-state index is 12.9. The molecule has 2 aliphatic heterocycles. The number of anilines is 1. The van der Waals surface area contributed by atoms with Crippen LogP contribution in [0.25, 0.3) is 5.57 Å². The Bertz CT molecular complexity index is 899. The number of fused-ring (bicyclic) bond motifs is 1. The Morgan fingerprint density at radius 1 is 1.19 bits per heavy atom. The fourth-order valence-electron chi connectivity index (χ4n) is 5.07. The molecule has 1 saturated carbocycles. The SMILES string of the molecule is CC(=O)N1C(=O)C(=CNC2CCC(CN3CCCCC3)CC2)c2cc([N+](=O)[O-])ccc21. The van der Waals surface area contributed by atoms with Crippen LogP contribution in [0.3, 0.4) is 0 Å². The number of imide groups is 1. The summed E-state index contributed by atoms with van der Waals surface area (Å²) >= 11 is 0. The number of likely N-dealkylation sites (tertiary alicyclic amines) is 1. The molecule has 166 valence electrons. The predicted octanol–water partition coefficient (Wildman–Crippen LogP) is 3.46. The summed E-state index contributed by atoms with van der Waals surface area (Å²) in [7, 11) is 0. The van der Waals surface area contributed by atoms with Crippen LogP contribution in [0.5, 0.6) is 0 Å². The number of nitrogens with one attached hydrogen (secondary N) is 1. The minimum Gasteiger partial charge on any atom is -0.388 e. The Balaban J connectivity index is 1.42. The summed E-state index contributed by atoms with van der Waals surface area (Å²) in [5.41, 5.74) is 1.05. The van der Waals surface area contributed by atoms with Crippen molar-refractivity contribution >= 4 is 28.8 Å². The van der Waals surface area contributed by atoms with Crippen LogP contribution in [-0.2, 0) is 9.59 Å². The molecule has 31 heavy (non-hydrogen) atoms. The molecular formula is C23H30N4O4. The molecule has 2 fully saturated rings. The van der Waals surface area contributed by atoms with Crippen molar-refractivity contribution in [2.45, 2.75) is 57.9 Å². The molecule has 4 rings (SSSR count). The molecule has 3 aliphatic rings. The Hall–Kier alpha value is -2.74. The Labute approximate surface area is 182 Å². The molecule has 1 aliphatic carbocycles. The van der Waals surface area contributed by atoms with Crippen molar-refractivity contribution in [1.82, 2.24) is 10.2 Å². The zero-order valence-corrected chi connectivity index (χ0v) is 18.0. The van der Waals surface area contributed by atoms with Crippen molar-refractivity contribution < 1.29 is 14.5 Å². The van der Waals surface area contributed by atoms with Crippen LogP contribution >= 0.6 is 0 Å². The fraction of sp³-hybridized carbons (Fsp3) is 0.565. The number of carbonyl (C=O) groups excluding carboxylic acids is 2. The zero-order chi connectivity index (χ0) is 22.0. The van der Waals surface area contributed by atoms with Gasteiger partial charge in [-0.15, -0.1) is 0 Å². The first-order valence-electron chi connectivity index (χ1n) is 11.3. The number of hydrogen-bond donors (Lipinski definition) is 1. The number of nitro benzene ring substituents is 1. The highest BCUT2D eigenvalue weighted by Gasteiger charge is 2.36. The summed E-state index contributed by atoms with van der Waals surface area (Å²) in [6, 6.07) is 4.44. The number of nitro groups is 1. The molecule has 8 nitrogen and oxygen atoms in total. The van der Waals surface area contributed by atoms with Crippen LogP contribution in [0.2, 0.25) is 0 Å². The lowest BCUT2D eigenvalue weighted by Gasteiger charge is -2.34. The second-order valence-electron chi connectivity index (χ2n) is 8.92. The van der Waals surface area contributed by atoms with Crippen LogP contribution in [0, 0.1) is 16.0 Å². The molecule has 1 saturated heterocycles. The van der Waals surface area contributed by atoms with Crippen molar-refractivity contribution in [3.8, 4) is 0 Å². The lowest BCUT2D eigenvalue weighted by atomic mass is 9.85. The highest BCUT2D eigenvalue weighted by molar-refractivity contribution is 6.39. The molecule has 0 bridgehead atoms. The maximum Gasteiger partial charge on any atom is 0.270 e. The van der Waals surface area contributed by atoms with Crippen LogP contribution in [0.1, 0.15) is 57.4 Å². The zero-order valence-electron chi connectivity index (χ0n) is 18.0. The van der Waals surface area contributed by atoms with Crippen molar-refractivity contribution in [2.75, 3.05) is 24.5 Å². The van der Waals surface area contributed by atoms with Gasteiger partial charge in [-0.05, 0) is 63.6 Å². The second kappa shape index (κ2) is 9.18. The minimum absolute atomic E-state index is 0.0962. The summed E-state index contributed by atoms with van der Waals surface area (Å²) in [4.78, 5) is 39.2. The molecule has 8 heteroatoms. The van der Waals surface area contributed by atoms with E-state index in [4.69, 9.17) is 0 Å². The van der Waals surface area contributed by atoms with E-state index in [-0.39, 0.29) is 11.7 Å². The molecule has 1 N–H and O–H groups in total. The first kappa shape index (κ1) is 21.5. The minimum atomic E-state index is -0.490. The van der Waals surface area contributed by atoms with Crippen molar-refractivity contribution in [3.05, 3.63) is 40.1 Å². The molecule has 0 unspecified atom stereocenters. The van der Waals surface area contributed by atoms with Crippen LogP contribution in [0.15, 0.2) is 24.4 Å². The Kier molecular flexibility index (Phi) is 6.36. The molecule has 1 aromatic rings. The van der Waals surface area contributed by atoms with Gasteiger partial charge in [-0.25, -0.2) is 4.90 Å². The van der Waals surface area contributed by atoms with Gasteiger partial charge in [0.25, 0.3) is 11.6 Å². The van der Waals surface area contributed by atoms with Crippen LogP contribution in [-0.4, -0.2) is 47.3 Å². The number of amides is 2. The van der Waals surface area contributed by atoms with E-state index in [9.17, 15) is 19.7 Å². The molecule has 0 spiro atoms. The molecule has 2 heterocycles. The van der Waals surface area contributed by atoms with Gasteiger partial charge in [0.1, 0.15) is 0 Å². The normalized spacial score (nSPS) is 25.5. The number of rotatable bonds is 5. The highest BCUT2D eigenvalue weighted by Crippen LogP contribution is 2.39. The van der Waals surface area contributed by atoms with Crippen molar-refractivity contribution in [1.29, 1.82) is 0 Å². The topological polar surface area (TPSA) is 95.8 Å². The average molecular weight is 427 g/mol. The number of piperidine rings is 1. The predicted molar refractivity (Wildman–Crippen MR) is 118 cm³/mol. The third-order valence-electron chi connectivity index (χ3n) is 6.75. The summed E-state index contributed by atoms with van der Waals surface area (Å²) in [5, 5.41) is 14.5. The lowest BCUT2D eigenvalue weighted by molar-refractivity contribution is -0.384. The number of benzene rings is 1. The third kappa shape index (κ3) is 4.63. The van der Waals surface area contributed by atoms with Gasteiger partial charge in [0, 0.05) is 43.4 Å². The van der Waals surface area contributed by atoms with E-state index in [2.05, 4.69) is 10.2 Å². The molecular weight excluding hydrogens is 396 g/mol. The first-order valence-corrected chi connectivity index (χ1v) is 11.3. The number of hydrogen-bond acceptors (Lipinski definition) is 6. The largest absolute Gasteiger partial charge is 0.388 e. The molecule has 0 atom stereocenters. The van der Waals surface area contributed by atoms with Crippen LogP contribution < -0.4 is 10.2 Å². The van der Waals surface area contributed by atoms with Gasteiger partial charge in [0.2, 0.25) is 5.91 Å². The monoisotopic (exact) mass is 426 g/mol. The van der Waals surface area contributed by atoms with Gasteiger partial charge >= 0.3 is 0 Å². The third-order valence-corrected chi connectivity index (χ3v) is 6.75.